The van der Waals surface area contributed by atoms with E-state index in [1.54, 1.807) is 0 Å². The van der Waals surface area contributed by atoms with Crippen LogP contribution in [-0.4, -0.2) is 15.6 Å². The molecular weight excluding hydrogens is 249 g/mol. The van der Waals surface area contributed by atoms with Gasteiger partial charge in [0.2, 0.25) is 0 Å². The van der Waals surface area contributed by atoms with E-state index in [0.29, 0.717) is 5.39 Å². The van der Waals surface area contributed by atoms with Crippen LogP contribution in [0.3, 0.4) is 0 Å². The molecule has 4 nitrogen and oxygen atoms in total. The van der Waals surface area contributed by atoms with Crippen molar-refractivity contribution in [2.45, 2.75) is 6.54 Å². The molecule has 1 aromatic heterocycles. The number of carboxylic acids is 1. The summed E-state index contributed by atoms with van der Waals surface area (Å²) in [4.78, 5) is 22.2. The van der Waals surface area contributed by atoms with Crippen molar-refractivity contribution in [2.24, 2.45) is 0 Å². The highest BCUT2D eigenvalue weighted by Crippen LogP contribution is 2.22. The second kappa shape index (κ2) is 4.18. The summed E-state index contributed by atoms with van der Waals surface area (Å²) in [7, 11) is 0. The van der Waals surface area contributed by atoms with E-state index in [0.717, 1.165) is 16.7 Å². The lowest BCUT2D eigenvalue weighted by molar-refractivity contribution is -0.137. The number of fused-ring (bicyclic) bond motifs is 1. The molecular formula is C11H7ClFNO3. The molecule has 0 fully saturated rings. The Bertz CT molecular complexity index is 666. The minimum absolute atomic E-state index is 0.171. The van der Waals surface area contributed by atoms with Gasteiger partial charge in [0.05, 0.1) is 10.5 Å². The van der Waals surface area contributed by atoms with Gasteiger partial charge in [-0.3, -0.25) is 14.2 Å². The van der Waals surface area contributed by atoms with E-state index < -0.39 is 23.9 Å². The minimum Gasteiger partial charge on any atom is -0.480 e. The zero-order valence-electron chi connectivity index (χ0n) is 8.48. The van der Waals surface area contributed by atoms with Crippen LogP contribution in [0.15, 0.2) is 29.1 Å². The molecule has 0 atom stereocenters. The molecule has 2 aromatic rings. The summed E-state index contributed by atoms with van der Waals surface area (Å²) in [6.45, 7) is -0.532. The molecule has 0 aliphatic heterocycles. The van der Waals surface area contributed by atoms with Gasteiger partial charge in [-0.15, -0.1) is 0 Å². The smallest absolute Gasteiger partial charge is 0.323 e. The standard InChI is InChI=1S/C11H7ClFNO3/c12-8-4-10(15)14(5-11(16)17)9-3-6(13)1-2-7(8)9/h1-4H,5H2,(H,16,17). The molecule has 1 N–H and O–H groups in total. The van der Waals surface area contributed by atoms with Crippen LogP contribution < -0.4 is 5.56 Å². The van der Waals surface area contributed by atoms with Crippen molar-refractivity contribution in [3.63, 3.8) is 0 Å². The van der Waals surface area contributed by atoms with Gasteiger partial charge in [0.1, 0.15) is 12.4 Å². The number of aromatic nitrogens is 1. The van der Waals surface area contributed by atoms with Gasteiger partial charge < -0.3 is 5.11 Å². The third kappa shape index (κ3) is 2.14. The van der Waals surface area contributed by atoms with Crippen molar-refractivity contribution >= 4 is 28.5 Å². The summed E-state index contributed by atoms with van der Waals surface area (Å²) in [6.07, 6.45) is 0. The maximum atomic E-state index is 13.1. The van der Waals surface area contributed by atoms with Crippen LogP contribution in [-0.2, 0) is 11.3 Å². The minimum atomic E-state index is -1.18. The van der Waals surface area contributed by atoms with Crippen molar-refractivity contribution in [3.8, 4) is 0 Å². The Kier molecular flexibility index (Phi) is 2.85. The Labute approximate surface area is 99.9 Å². The van der Waals surface area contributed by atoms with E-state index in [1.807, 2.05) is 0 Å². The van der Waals surface area contributed by atoms with Crippen LogP contribution in [0.25, 0.3) is 10.9 Å². The van der Waals surface area contributed by atoms with E-state index in [1.165, 1.54) is 12.1 Å². The fourth-order valence-electron chi connectivity index (χ4n) is 1.61. The fraction of sp³-hybridized carbons (Fsp3) is 0.0909. The molecule has 0 aliphatic rings. The monoisotopic (exact) mass is 255 g/mol. The number of halogens is 2. The zero-order chi connectivity index (χ0) is 12.6. The predicted octanol–water partition coefficient (Wildman–Crippen LogP) is 1.88. The van der Waals surface area contributed by atoms with E-state index in [9.17, 15) is 14.0 Å². The van der Waals surface area contributed by atoms with Crippen LogP contribution in [0, 0.1) is 5.82 Å². The van der Waals surface area contributed by atoms with Crippen molar-refractivity contribution in [3.05, 3.63) is 45.5 Å². The Morgan fingerprint density at radius 2 is 2.12 bits per heavy atom. The molecule has 0 unspecified atom stereocenters. The number of carbonyl (C=O) groups is 1. The van der Waals surface area contributed by atoms with Gasteiger partial charge in [0.25, 0.3) is 5.56 Å². The molecule has 1 heterocycles. The van der Waals surface area contributed by atoms with Crippen LogP contribution >= 0.6 is 11.6 Å². The molecule has 17 heavy (non-hydrogen) atoms. The number of benzene rings is 1. The van der Waals surface area contributed by atoms with Crippen LogP contribution in [0.1, 0.15) is 0 Å². The first-order valence-corrected chi connectivity index (χ1v) is 5.07. The predicted molar refractivity (Wildman–Crippen MR) is 60.8 cm³/mol. The second-order valence-electron chi connectivity index (χ2n) is 3.47. The average Bonchev–Trinajstić information content (AvgIpc) is 2.23. The SMILES string of the molecule is O=C(O)Cn1c(=O)cc(Cl)c2ccc(F)cc21. The van der Waals surface area contributed by atoms with Gasteiger partial charge in [-0.25, -0.2) is 4.39 Å². The third-order valence-corrected chi connectivity index (χ3v) is 2.63. The summed E-state index contributed by atoms with van der Waals surface area (Å²) in [5, 5.41) is 9.31. The molecule has 0 aliphatic carbocycles. The van der Waals surface area contributed by atoms with Crippen LogP contribution in [0.2, 0.25) is 5.02 Å². The Balaban J connectivity index is 2.85. The van der Waals surface area contributed by atoms with E-state index in [2.05, 4.69) is 0 Å². The summed E-state index contributed by atoms with van der Waals surface area (Å²) in [5.41, 5.74) is -0.402. The molecule has 0 radical (unpaired) electrons. The largest absolute Gasteiger partial charge is 0.480 e. The lowest BCUT2D eigenvalue weighted by atomic mass is 10.2. The number of aliphatic carboxylic acids is 1. The number of hydrogen-bond acceptors (Lipinski definition) is 2. The third-order valence-electron chi connectivity index (χ3n) is 2.32. The van der Waals surface area contributed by atoms with Gasteiger partial charge in [-0.1, -0.05) is 11.6 Å². The lowest BCUT2D eigenvalue weighted by Crippen LogP contribution is -2.23. The maximum absolute atomic E-state index is 13.1. The van der Waals surface area contributed by atoms with Crippen LogP contribution in [0.5, 0.6) is 0 Å². The number of hydrogen-bond donors (Lipinski definition) is 1. The van der Waals surface area contributed by atoms with Gasteiger partial charge in [0.15, 0.2) is 0 Å². The molecule has 1 aromatic carbocycles. The van der Waals surface area contributed by atoms with Crippen LogP contribution in [0.4, 0.5) is 4.39 Å². The molecule has 88 valence electrons. The number of rotatable bonds is 2. The highest BCUT2D eigenvalue weighted by atomic mass is 35.5. The number of nitrogens with zero attached hydrogens (tertiary/aromatic N) is 1. The summed E-state index contributed by atoms with van der Waals surface area (Å²) in [6, 6.07) is 4.81. The maximum Gasteiger partial charge on any atom is 0.323 e. The fourth-order valence-corrected chi connectivity index (χ4v) is 1.86. The topological polar surface area (TPSA) is 59.3 Å². The highest BCUT2D eigenvalue weighted by Gasteiger charge is 2.10. The van der Waals surface area contributed by atoms with E-state index in [-0.39, 0.29) is 10.5 Å². The summed E-state index contributed by atoms with van der Waals surface area (Å²) in [5.74, 6) is -1.74. The number of pyridine rings is 1. The molecule has 2 rings (SSSR count). The van der Waals surface area contributed by atoms with Crippen molar-refractivity contribution in [1.29, 1.82) is 0 Å². The van der Waals surface area contributed by atoms with Gasteiger partial charge >= 0.3 is 5.97 Å². The highest BCUT2D eigenvalue weighted by molar-refractivity contribution is 6.35. The summed E-state index contributed by atoms with van der Waals surface area (Å²) >= 11 is 5.84. The average molecular weight is 256 g/mol. The Hall–Kier alpha value is -1.88. The van der Waals surface area contributed by atoms with Gasteiger partial charge in [0, 0.05) is 11.5 Å². The van der Waals surface area contributed by atoms with E-state index >= 15 is 0 Å². The van der Waals surface area contributed by atoms with E-state index in [4.69, 9.17) is 16.7 Å². The first kappa shape index (κ1) is 11.6. The molecule has 0 bridgehead atoms. The molecule has 0 saturated carbocycles. The zero-order valence-corrected chi connectivity index (χ0v) is 9.24. The van der Waals surface area contributed by atoms with Gasteiger partial charge in [-0.2, -0.15) is 0 Å². The first-order valence-electron chi connectivity index (χ1n) is 4.69. The molecule has 6 heteroatoms. The lowest BCUT2D eigenvalue weighted by Gasteiger charge is -2.08. The quantitative estimate of drug-likeness (QED) is 0.891. The molecule has 0 spiro atoms. The summed E-state index contributed by atoms with van der Waals surface area (Å²) < 4.78 is 14.1. The Morgan fingerprint density at radius 1 is 1.41 bits per heavy atom. The normalized spacial score (nSPS) is 10.7. The van der Waals surface area contributed by atoms with Gasteiger partial charge in [-0.05, 0) is 18.2 Å². The first-order chi connectivity index (χ1) is 7.99. The molecule has 0 saturated heterocycles. The Morgan fingerprint density at radius 3 is 2.76 bits per heavy atom. The second-order valence-corrected chi connectivity index (χ2v) is 3.88. The number of carboxylic acid groups (broad SMARTS) is 1. The van der Waals surface area contributed by atoms with Crippen molar-refractivity contribution < 1.29 is 14.3 Å². The molecule has 0 amide bonds. The van der Waals surface area contributed by atoms with Crippen molar-refractivity contribution in [2.75, 3.05) is 0 Å². The van der Waals surface area contributed by atoms with Crippen molar-refractivity contribution in [1.82, 2.24) is 4.57 Å².